The Kier molecular flexibility index (Phi) is 2.91. The van der Waals surface area contributed by atoms with Gasteiger partial charge in [-0.2, -0.15) is 0 Å². The molecule has 0 saturated carbocycles. The second-order valence-electron chi connectivity index (χ2n) is 4.12. The molecule has 82 valence electrons. The van der Waals surface area contributed by atoms with Crippen LogP contribution in [-0.2, 0) is 0 Å². The molecule has 0 N–H and O–H groups in total. The zero-order valence-corrected chi connectivity index (χ0v) is 9.55. The Morgan fingerprint density at radius 1 is 1.00 bits per heavy atom. The molecule has 1 heterocycles. The summed E-state index contributed by atoms with van der Waals surface area (Å²) in [5, 5.41) is 0. The third kappa shape index (κ3) is 2.06. The number of nitrogens with zero attached hydrogens (tertiary/aromatic N) is 1. The fourth-order valence-corrected chi connectivity index (χ4v) is 1.73. The highest BCUT2D eigenvalue weighted by molar-refractivity contribution is 5.62. The Morgan fingerprint density at radius 3 is 2.25 bits per heavy atom. The summed E-state index contributed by atoms with van der Waals surface area (Å²) in [4.78, 5) is 11.8. The monoisotopic (exact) mass is 213 g/mol. The van der Waals surface area contributed by atoms with E-state index in [0.717, 1.165) is 11.1 Å². The standard InChI is InChI=1S/C14H15NO/c1-11(2)15-9-8-13(10-14(15)16)12-6-4-3-5-7-12/h3-11H,1-2H3. The van der Waals surface area contributed by atoms with Crippen molar-refractivity contribution in [1.82, 2.24) is 4.57 Å². The Hall–Kier alpha value is -1.83. The predicted octanol–water partition coefficient (Wildman–Crippen LogP) is 3.10. The molecule has 2 aromatic rings. The van der Waals surface area contributed by atoms with Crippen molar-refractivity contribution in [2.45, 2.75) is 19.9 Å². The Labute approximate surface area is 95.2 Å². The highest BCUT2D eigenvalue weighted by atomic mass is 16.1. The van der Waals surface area contributed by atoms with Crippen LogP contribution in [0.25, 0.3) is 11.1 Å². The Bertz CT molecular complexity index is 526. The van der Waals surface area contributed by atoms with Crippen LogP contribution in [0.3, 0.4) is 0 Å². The van der Waals surface area contributed by atoms with E-state index in [2.05, 4.69) is 0 Å². The van der Waals surface area contributed by atoms with Gasteiger partial charge in [-0.3, -0.25) is 4.79 Å². The first-order valence-electron chi connectivity index (χ1n) is 5.46. The van der Waals surface area contributed by atoms with Crippen molar-refractivity contribution in [3.05, 3.63) is 59.0 Å². The SMILES string of the molecule is CC(C)n1ccc(-c2ccccc2)cc1=O. The molecule has 0 bridgehead atoms. The van der Waals surface area contributed by atoms with Gasteiger partial charge in [-0.1, -0.05) is 30.3 Å². The molecule has 2 rings (SSSR count). The van der Waals surface area contributed by atoms with E-state index in [1.165, 1.54) is 0 Å². The highest BCUT2D eigenvalue weighted by Crippen LogP contribution is 2.16. The van der Waals surface area contributed by atoms with Crippen molar-refractivity contribution >= 4 is 0 Å². The van der Waals surface area contributed by atoms with Crippen molar-refractivity contribution in [1.29, 1.82) is 0 Å². The van der Waals surface area contributed by atoms with Crippen molar-refractivity contribution in [3.8, 4) is 11.1 Å². The van der Waals surface area contributed by atoms with E-state index in [4.69, 9.17) is 0 Å². The molecule has 0 aliphatic rings. The van der Waals surface area contributed by atoms with Crippen molar-refractivity contribution < 1.29 is 0 Å². The number of aromatic nitrogens is 1. The van der Waals surface area contributed by atoms with Gasteiger partial charge in [-0.15, -0.1) is 0 Å². The fourth-order valence-electron chi connectivity index (χ4n) is 1.73. The molecule has 0 radical (unpaired) electrons. The topological polar surface area (TPSA) is 22.0 Å². The minimum absolute atomic E-state index is 0.0522. The average molecular weight is 213 g/mol. The van der Waals surface area contributed by atoms with E-state index < -0.39 is 0 Å². The summed E-state index contributed by atoms with van der Waals surface area (Å²) in [5.74, 6) is 0. The number of hydrogen-bond donors (Lipinski definition) is 0. The van der Waals surface area contributed by atoms with E-state index in [1.807, 2.05) is 56.4 Å². The largest absolute Gasteiger partial charge is 0.313 e. The first kappa shape index (κ1) is 10.7. The number of pyridine rings is 1. The fraction of sp³-hybridized carbons (Fsp3) is 0.214. The molecule has 2 heteroatoms. The maximum Gasteiger partial charge on any atom is 0.251 e. The summed E-state index contributed by atoms with van der Waals surface area (Å²) in [5.41, 5.74) is 2.11. The van der Waals surface area contributed by atoms with Crippen LogP contribution in [0.4, 0.5) is 0 Å². The lowest BCUT2D eigenvalue weighted by atomic mass is 10.1. The van der Waals surface area contributed by atoms with E-state index >= 15 is 0 Å². The maximum atomic E-state index is 11.8. The summed E-state index contributed by atoms with van der Waals surface area (Å²) < 4.78 is 1.73. The van der Waals surface area contributed by atoms with E-state index in [0.29, 0.717) is 0 Å². The lowest BCUT2D eigenvalue weighted by Gasteiger charge is -2.10. The summed E-state index contributed by atoms with van der Waals surface area (Å²) in [6.45, 7) is 4.01. The van der Waals surface area contributed by atoms with E-state index in [1.54, 1.807) is 10.6 Å². The Morgan fingerprint density at radius 2 is 1.69 bits per heavy atom. The van der Waals surface area contributed by atoms with Gasteiger partial charge in [0.15, 0.2) is 0 Å². The first-order chi connectivity index (χ1) is 7.68. The normalized spacial score (nSPS) is 10.7. The smallest absolute Gasteiger partial charge is 0.251 e. The summed E-state index contributed by atoms with van der Waals surface area (Å²) >= 11 is 0. The zero-order chi connectivity index (χ0) is 11.5. The molecule has 0 aliphatic heterocycles. The molecule has 0 aliphatic carbocycles. The van der Waals surface area contributed by atoms with Crippen LogP contribution < -0.4 is 5.56 Å². The van der Waals surface area contributed by atoms with Crippen molar-refractivity contribution in [3.63, 3.8) is 0 Å². The van der Waals surface area contributed by atoms with Crippen LogP contribution in [0.1, 0.15) is 19.9 Å². The van der Waals surface area contributed by atoms with Gasteiger partial charge in [0.1, 0.15) is 0 Å². The summed E-state index contributed by atoms with van der Waals surface area (Å²) in [6, 6.07) is 13.8. The molecular formula is C14H15NO. The third-order valence-electron chi connectivity index (χ3n) is 2.61. The molecule has 0 spiro atoms. The molecule has 0 saturated heterocycles. The van der Waals surface area contributed by atoms with Gasteiger partial charge < -0.3 is 4.57 Å². The van der Waals surface area contributed by atoms with Gasteiger partial charge in [0.25, 0.3) is 5.56 Å². The van der Waals surface area contributed by atoms with Gasteiger partial charge in [-0.25, -0.2) is 0 Å². The van der Waals surface area contributed by atoms with Crippen LogP contribution in [0.15, 0.2) is 53.5 Å². The molecule has 1 aromatic heterocycles. The van der Waals surface area contributed by atoms with Crippen LogP contribution in [0.5, 0.6) is 0 Å². The highest BCUT2D eigenvalue weighted by Gasteiger charge is 2.02. The molecule has 16 heavy (non-hydrogen) atoms. The lowest BCUT2D eigenvalue weighted by molar-refractivity contribution is 0.579. The van der Waals surface area contributed by atoms with Gasteiger partial charge in [0.2, 0.25) is 0 Å². The first-order valence-corrected chi connectivity index (χ1v) is 5.46. The second kappa shape index (κ2) is 4.35. The van der Waals surface area contributed by atoms with Crippen LogP contribution in [-0.4, -0.2) is 4.57 Å². The molecule has 0 amide bonds. The quantitative estimate of drug-likeness (QED) is 0.751. The zero-order valence-electron chi connectivity index (χ0n) is 9.55. The van der Waals surface area contributed by atoms with Crippen LogP contribution in [0, 0.1) is 0 Å². The van der Waals surface area contributed by atoms with Crippen LogP contribution >= 0.6 is 0 Å². The minimum atomic E-state index is 0.0522. The maximum absolute atomic E-state index is 11.8. The van der Waals surface area contributed by atoms with Gasteiger partial charge >= 0.3 is 0 Å². The molecular weight excluding hydrogens is 198 g/mol. The van der Waals surface area contributed by atoms with Crippen LogP contribution in [0.2, 0.25) is 0 Å². The van der Waals surface area contributed by atoms with Gasteiger partial charge in [-0.05, 0) is 31.0 Å². The second-order valence-corrected chi connectivity index (χ2v) is 4.12. The van der Waals surface area contributed by atoms with E-state index in [-0.39, 0.29) is 11.6 Å². The molecule has 0 unspecified atom stereocenters. The van der Waals surface area contributed by atoms with Gasteiger partial charge in [0.05, 0.1) is 0 Å². The lowest BCUT2D eigenvalue weighted by Crippen LogP contribution is -2.20. The number of hydrogen-bond acceptors (Lipinski definition) is 1. The molecule has 1 aromatic carbocycles. The minimum Gasteiger partial charge on any atom is -0.313 e. The molecule has 2 nitrogen and oxygen atoms in total. The number of benzene rings is 1. The Balaban J connectivity index is 2.47. The molecule has 0 fully saturated rings. The summed E-state index contributed by atoms with van der Waals surface area (Å²) in [6.07, 6.45) is 1.86. The average Bonchev–Trinajstić information content (AvgIpc) is 2.29. The molecule has 0 atom stereocenters. The summed E-state index contributed by atoms with van der Waals surface area (Å²) in [7, 11) is 0. The van der Waals surface area contributed by atoms with Crippen molar-refractivity contribution in [2.24, 2.45) is 0 Å². The third-order valence-corrected chi connectivity index (χ3v) is 2.61. The van der Waals surface area contributed by atoms with E-state index in [9.17, 15) is 4.79 Å². The number of rotatable bonds is 2. The van der Waals surface area contributed by atoms with Gasteiger partial charge in [0, 0.05) is 18.3 Å². The van der Waals surface area contributed by atoms with Crippen molar-refractivity contribution in [2.75, 3.05) is 0 Å². The predicted molar refractivity (Wildman–Crippen MR) is 66.5 cm³/mol.